The van der Waals surface area contributed by atoms with E-state index in [2.05, 4.69) is 180 Å². The van der Waals surface area contributed by atoms with Crippen LogP contribution in [-0.2, 0) is 0 Å². The number of hydrogen-bond acceptors (Lipinski definition) is 6. The number of furan rings is 2. The normalized spacial score (nSPS) is 12.0. The summed E-state index contributed by atoms with van der Waals surface area (Å²) in [6, 6.07) is 76.8. The van der Waals surface area contributed by atoms with Gasteiger partial charge in [-0.15, -0.1) is 11.3 Å². The van der Waals surface area contributed by atoms with E-state index in [1.807, 2.05) is 42.5 Å². The molecule has 0 aliphatic rings. The second-order valence-corrected chi connectivity index (χ2v) is 19.0. The van der Waals surface area contributed by atoms with Gasteiger partial charge in [-0.25, -0.2) is 15.0 Å². The Labute approximate surface area is 404 Å². The first kappa shape index (κ1) is 38.9. The van der Waals surface area contributed by atoms with E-state index in [1.165, 1.54) is 42.0 Å². The van der Waals surface area contributed by atoms with Crippen molar-refractivity contribution in [2.75, 3.05) is 0 Å². The summed E-state index contributed by atoms with van der Waals surface area (Å²) in [5.41, 5.74) is 13.9. The van der Waals surface area contributed by atoms with E-state index in [4.69, 9.17) is 23.8 Å². The van der Waals surface area contributed by atoms with Crippen molar-refractivity contribution in [3.8, 4) is 62.1 Å². The van der Waals surface area contributed by atoms with Gasteiger partial charge >= 0.3 is 0 Å². The second-order valence-electron chi connectivity index (χ2n) is 17.9. The predicted molar refractivity (Wildman–Crippen MR) is 289 cm³/mol. The van der Waals surface area contributed by atoms with Crippen LogP contribution in [0.1, 0.15) is 0 Å². The first-order valence-corrected chi connectivity index (χ1v) is 24.2. The van der Waals surface area contributed by atoms with Crippen molar-refractivity contribution >= 4 is 97.2 Å². The molecule has 15 aromatic rings. The molecule has 7 heteroatoms. The van der Waals surface area contributed by atoms with Gasteiger partial charge < -0.3 is 13.4 Å². The van der Waals surface area contributed by atoms with Crippen LogP contribution in [0.2, 0.25) is 0 Å². The highest BCUT2D eigenvalue weighted by Gasteiger charge is 2.21. The van der Waals surface area contributed by atoms with Crippen molar-refractivity contribution in [3.05, 3.63) is 218 Å². The van der Waals surface area contributed by atoms with E-state index in [-0.39, 0.29) is 0 Å². The zero-order valence-electron chi connectivity index (χ0n) is 37.3. The van der Waals surface area contributed by atoms with Crippen molar-refractivity contribution in [3.63, 3.8) is 0 Å². The van der Waals surface area contributed by atoms with E-state index < -0.39 is 0 Å². The van der Waals surface area contributed by atoms with E-state index in [0.717, 1.165) is 88.5 Å². The third-order valence-corrected chi connectivity index (χ3v) is 15.0. The van der Waals surface area contributed by atoms with Crippen molar-refractivity contribution in [1.29, 1.82) is 0 Å². The minimum absolute atomic E-state index is 0.582. The van der Waals surface area contributed by atoms with Crippen LogP contribution in [0.15, 0.2) is 227 Å². The zero-order chi connectivity index (χ0) is 45.9. The Morgan fingerprint density at radius 1 is 0.314 bits per heavy atom. The number of rotatable bonds is 6. The molecule has 0 unspecified atom stereocenters. The maximum Gasteiger partial charge on any atom is 0.164 e. The molecule has 0 aliphatic heterocycles. The predicted octanol–water partition coefficient (Wildman–Crippen LogP) is 17.5. The van der Waals surface area contributed by atoms with Gasteiger partial charge in [-0.2, -0.15) is 0 Å². The fourth-order valence-corrected chi connectivity index (χ4v) is 11.8. The molecule has 326 valence electrons. The fraction of sp³-hybridized carbons (Fsp3) is 0. The summed E-state index contributed by atoms with van der Waals surface area (Å²) < 4.78 is 18.1. The zero-order valence-corrected chi connectivity index (χ0v) is 38.1. The lowest BCUT2D eigenvalue weighted by molar-refractivity contribution is 0.669. The summed E-state index contributed by atoms with van der Waals surface area (Å²) in [5.74, 6) is 1.81. The lowest BCUT2D eigenvalue weighted by atomic mass is 9.96. The Bertz CT molecular complexity index is 4600. The maximum absolute atomic E-state index is 6.71. The maximum atomic E-state index is 6.71. The molecule has 0 saturated heterocycles. The van der Waals surface area contributed by atoms with E-state index in [1.54, 1.807) is 11.3 Å². The van der Waals surface area contributed by atoms with Gasteiger partial charge in [-0.05, 0) is 101 Å². The Kier molecular flexibility index (Phi) is 8.43. The molecular weight excluding hydrogens is 877 g/mol. The van der Waals surface area contributed by atoms with Gasteiger partial charge in [0.2, 0.25) is 0 Å². The number of fused-ring (bicyclic) bond motifs is 12. The van der Waals surface area contributed by atoms with Crippen LogP contribution in [0.5, 0.6) is 0 Å². The number of thiophene rings is 1. The molecule has 0 bridgehead atoms. The molecule has 0 amide bonds. The lowest BCUT2D eigenvalue weighted by Crippen LogP contribution is -2.00. The summed E-state index contributed by atoms with van der Waals surface area (Å²) in [4.78, 5) is 15.5. The van der Waals surface area contributed by atoms with Gasteiger partial charge in [0.15, 0.2) is 17.5 Å². The van der Waals surface area contributed by atoms with Crippen molar-refractivity contribution in [2.45, 2.75) is 0 Å². The number of para-hydroxylation sites is 2. The van der Waals surface area contributed by atoms with Gasteiger partial charge in [0, 0.05) is 74.9 Å². The standard InChI is InChI=1S/C63H36N4O2S/c1-3-13-37(14-4-1)61-64-62(41-26-29-46-45-18-8-10-24-57(45)70-58(46)36-41)66-63(65-61)48-20-12-23-55-60(48)50-34-40(28-32-53(50)68-55)43-19-11-22-54-59(43)47-30-25-39(35-56(47)69-54)38-27-31-52-49(33-38)44-17-7-9-21-51(44)67(52)42-15-5-2-6-16-42/h1-36H. The number of nitrogens with zero attached hydrogens (tertiary/aromatic N) is 4. The Balaban J connectivity index is 0.853. The highest BCUT2D eigenvalue weighted by atomic mass is 32.1. The van der Waals surface area contributed by atoms with Crippen molar-refractivity contribution in [1.82, 2.24) is 19.5 Å². The van der Waals surface area contributed by atoms with Crippen LogP contribution < -0.4 is 0 Å². The van der Waals surface area contributed by atoms with Crippen LogP contribution in [0, 0.1) is 0 Å². The fourth-order valence-electron chi connectivity index (χ4n) is 10.6. The van der Waals surface area contributed by atoms with Crippen LogP contribution in [0.4, 0.5) is 0 Å². The average Bonchev–Trinajstić information content (AvgIpc) is 4.19. The smallest absolute Gasteiger partial charge is 0.164 e. The molecule has 0 aliphatic carbocycles. The summed E-state index contributed by atoms with van der Waals surface area (Å²) in [5, 5.41) is 9.00. The van der Waals surface area contributed by atoms with E-state index in [0.29, 0.717) is 17.5 Å². The first-order chi connectivity index (χ1) is 34.7. The number of benzene rings is 10. The summed E-state index contributed by atoms with van der Waals surface area (Å²) >= 11 is 1.79. The lowest BCUT2D eigenvalue weighted by Gasteiger charge is -2.10. The molecule has 0 saturated carbocycles. The Morgan fingerprint density at radius 2 is 0.914 bits per heavy atom. The molecule has 0 fully saturated rings. The van der Waals surface area contributed by atoms with Gasteiger partial charge in [0.25, 0.3) is 0 Å². The van der Waals surface area contributed by atoms with E-state index in [9.17, 15) is 0 Å². The Hall–Kier alpha value is -9.17. The molecule has 70 heavy (non-hydrogen) atoms. The molecule has 10 aromatic carbocycles. The highest BCUT2D eigenvalue weighted by Crippen LogP contribution is 2.44. The minimum atomic E-state index is 0.582. The van der Waals surface area contributed by atoms with E-state index >= 15 is 0 Å². The number of hydrogen-bond donors (Lipinski definition) is 0. The third kappa shape index (κ3) is 6.02. The Morgan fingerprint density at radius 3 is 1.77 bits per heavy atom. The summed E-state index contributed by atoms with van der Waals surface area (Å²) in [7, 11) is 0. The quantitative estimate of drug-likeness (QED) is 0.166. The molecule has 5 aromatic heterocycles. The van der Waals surface area contributed by atoms with Gasteiger partial charge in [-0.1, -0.05) is 140 Å². The second kappa shape index (κ2) is 15.2. The molecule has 0 N–H and O–H groups in total. The molecule has 15 rings (SSSR count). The van der Waals surface area contributed by atoms with Gasteiger partial charge in [0.1, 0.15) is 22.3 Å². The van der Waals surface area contributed by atoms with Crippen LogP contribution in [0.25, 0.3) is 148 Å². The molecule has 6 nitrogen and oxygen atoms in total. The highest BCUT2D eigenvalue weighted by molar-refractivity contribution is 7.25. The van der Waals surface area contributed by atoms with Gasteiger partial charge in [0.05, 0.1) is 11.0 Å². The molecule has 0 radical (unpaired) electrons. The van der Waals surface area contributed by atoms with Gasteiger partial charge in [-0.3, -0.25) is 0 Å². The SMILES string of the molecule is c1ccc(-c2nc(-c3ccc4c(c3)sc3ccccc34)nc(-c3cccc4oc5ccc(-c6cccc7oc8cc(-c9ccc%10c(c9)c9ccccc9n%10-c9ccccc9)ccc8c67)cc5c34)n2)cc1. The summed E-state index contributed by atoms with van der Waals surface area (Å²) in [6.07, 6.45) is 0. The first-order valence-electron chi connectivity index (χ1n) is 23.4. The van der Waals surface area contributed by atoms with Crippen LogP contribution in [0.3, 0.4) is 0 Å². The molecule has 5 heterocycles. The van der Waals surface area contributed by atoms with Crippen molar-refractivity contribution in [2.24, 2.45) is 0 Å². The topological polar surface area (TPSA) is 69.9 Å². The summed E-state index contributed by atoms with van der Waals surface area (Å²) in [6.45, 7) is 0. The van der Waals surface area contributed by atoms with Crippen molar-refractivity contribution < 1.29 is 8.83 Å². The largest absolute Gasteiger partial charge is 0.456 e. The monoisotopic (exact) mass is 912 g/mol. The molecule has 0 atom stereocenters. The number of aromatic nitrogens is 4. The molecule has 0 spiro atoms. The molecular formula is C63H36N4O2S. The minimum Gasteiger partial charge on any atom is -0.456 e. The average molecular weight is 913 g/mol. The van der Waals surface area contributed by atoms with Crippen LogP contribution in [-0.4, -0.2) is 19.5 Å². The van der Waals surface area contributed by atoms with Crippen LogP contribution >= 0.6 is 11.3 Å². The third-order valence-electron chi connectivity index (χ3n) is 13.9.